The van der Waals surface area contributed by atoms with Gasteiger partial charge in [0, 0.05) is 11.6 Å². The number of hydrogen-bond acceptors (Lipinski definition) is 3. The van der Waals surface area contributed by atoms with E-state index in [0.29, 0.717) is 0 Å². The highest BCUT2D eigenvalue weighted by Crippen LogP contribution is 2.48. The second-order valence-corrected chi connectivity index (χ2v) is 8.14. The zero-order valence-corrected chi connectivity index (χ0v) is 12.3. The van der Waals surface area contributed by atoms with Crippen molar-refractivity contribution in [1.82, 2.24) is 9.44 Å². The third kappa shape index (κ3) is 3.27. The molecule has 6 nitrogen and oxygen atoms in total. The van der Waals surface area contributed by atoms with Crippen LogP contribution in [0.5, 0.6) is 0 Å². The van der Waals surface area contributed by atoms with E-state index in [2.05, 4.69) is 9.44 Å². The zero-order chi connectivity index (χ0) is 14.4. The van der Waals surface area contributed by atoms with Gasteiger partial charge < -0.3 is 5.11 Å². The van der Waals surface area contributed by atoms with Gasteiger partial charge in [-0.25, -0.2) is 0 Å². The van der Waals surface area contributed by atoms with Crippen LogP contribution < -0.4 is 9.44 Å². The number of carboxylic acids is 1. The van der Waals surface area contributed by atoms with Crippen molar-refractivity contribution in [2.24, 2.45) is 17.8 Å². The molecule has 2 aliphatic rings. The number of hydrogen-bond donors (Lipinski definition) is 3. The lowest BCUT2D eigenvalue weighted by molar-refractivity contribution is -0.144. The average molecular weight is 290 g/mol. The van der Waals surface area contributed by atoms with E-state index in [1.165, 1.54) is 0 Å². The molecule has 2 rings (SSSR count). The summed E-state index contributed by atoms with van der Waals surface area (Å²) in [6.45, 7) is 5.26. The normalized spacial score (nSPS) is 34.7. The molecule has 19 heavy (non-hydrogen) atoms. The number of nitrogens with one attached hydrogen (secondary N) is 2. The van der Waals surface area contributed by atoms with E-state index in [9.17, 15) is 18.3 Å². The standard InChI is InChI=1S/C12H22N2O4S/c1-12(2,3)14-19(17,18)13-10-8-5-4-7(6-8)9(10)11(15)16/h7-10,13-14H,4-6H2,1-3H3,(H,15,16). The first-order valence-corrected chi connectivity index (χ1v) is 8.11. The first-order chi connectivity index (χ1) is 8.59. The minimum absolute atomic E-state index is 0.116. The summed E-state index contributed by atoms with van der Waals surface area (Å²) in [4.78, 5) is 11.3. The maximum Gasteiger partial charge on any atom is 0.308 e. The Morgan fingerprint density at radius 3 is 2.32 bits per heavy atom. The fraction of sp³-hybridized carbons (Fsp3) is 0.917. The summed E-state index contributed by atoms with van der Waals surface area (Å²) in [5.74, 6) is -1.21. The van der Waals surface area contributed by atoms with Crippen LogP contribution in [0.1, 0.15) is 40.0 Å². The highest BCUT2D eigenvalue weighted by Gasteiger charge is 2.52. The van der Waals surface area contributed by atoms with Crippen LogP contribution in [0.25, 0.3) is 0 Å². The summed E-state index contributed by atoms with van der Waals surface area (Å²) in [5, 5.41) is 9.28. The number of fused-ring (bicyclic) bond motifs is 2. The van der Waals surface area contributed by atoms with E-state index in [0.717, 1.165) is 19.3 Å². The Labute approximate surface area is 114 Å². The summed E-state index contributed by atoms with van der Waals surface area (Å²) in [5.41, 5.74) is -0.581. The third-order valence-electron chi connectivity index (χ3n) is 3.93. The van der Waals surface area contributed by atoms with Gasteiger partial charge in [-0.2, -0.15) is 17.9 Å². The van der Waals surface area contributed by atoms with Crippen LogP contribution in [0.15, 0.2) is 0 Å². The van der Waals surface area contributed by atoms with Crippen molar-refractivity contribution < 1.29 is 18.3 Å². The Morgan fingerprint density at radius 2 is 1.79 bits per heavy atom. The monoisotopic (exact) mass is 290 g/mol. The topological polar surface area (TPSA) is 95.5 Å². The van der Waals surface area contributed by atoms with Crippen molar-refractivity contribution in [3.8, 4) is 0 Å². The molecule has 0 aromatic carbocycles. The number of aliphatic carboxylic acids is 1. The van der Waals surface area contributed by atoms with Gasteiger partial charge in [0.05, 0.1) is 5.92 Å². The SMILES string of the molecule is CC(C)(C)NS(=O)(=O)NC1C2CCC(C2)C1C(=O)O. The predicted molar refractivity (Wildman–Crippen MR) is 70.7 cm³/mol. The van der Waals surface area contributed by atoms with Crippen molar-refractivity contribution in [3.05, 3.63) is 0 Å². The van der Waals surface area contributed by atoms with E-state index >= 15 is 0 Å². The lowest BCUT2D eigenvalue weighted by Crippen LogP contribution is -2.54. The van der Waals surface area contributed by atoms with Crippen LogP contribution in [-0.2, 0) is 15.0 Å². The average Bonchev–Trinajstić information content (AvgIpc) is 2.71. The maximum absolute atomic E-state index is 12.0. The van der Waals surface area contributed by atoms with E-state index in [-0.39, 0.29) is 11.8 Å². The summed E-state index contributed by atoms with van der Waals surface area (Å²) in [6.07, 6.45) is 2.63. The molecule has 3 N–H and O–H groups in total. The predicted octanol–water partition coefficient (Wildman–Crippen LogP) is 0.708. The van der Waals surface area contributed by atoms with Gasteiger partial charge in [-0.15, -0.1) is 0 Å². The minimum atomic E-state index is -3.67. The van der Waals surface area contributed by atoms with Crippen molar-refractivity contribution in [3.63, 3.8) is 0 Å². The van der Waals surface area contributed by atoms with Gasteiger partial charge in [0.25, 0.3) is 10.2 Å². The first-order valence-electron chi connectivity index (χ1n) is 6.63. The van der Waals surface area contributed by atoms with Gasteiger partial charge in [0.2, 0.25) is 0 Å². The molecule has 0 aromatic rings. The molecule has 2 bridgehead atoms. The maximum atomic E-state index is 12.0. The van der Waals surface area contributed by atoms with E-state index < -0.39 is 33.7 Å². The number of carbonyl (C=O) groups is 1. The molecule has 7 heteroatoms. The molecule has 2 saturated carbocycles. The Hall–Kier alpha value is -0.660. The Kier molecular flexibility index (Phi) is 3.66. The fourth-order valence-electron chi connectivity index (χ4n) is 3.43. The summed E-state index contributed by atoms with van der Waals surface area (Å²) < 4.78 is 29.1. The van der Waals surface area contributed by atoms with E-state index in [4.69, 9.17) is 0 Å². The highest BCUT2D eigenvalue weighted by atomic mass is 32.2. The number of rotatable bonds is 4. The largest absolute Gasteiger partial charge is 0.481 e. The molecule has 110 valence electrons. The number of carboxylic acid groups (broad SMARTS) is 1. The molecular formula is C12H22N2O4S. The van der Waals surface area contributed by atoms with Crippen molar-refractivity contribution >= 4 is 16.2 Å². The van der Waals surface area contributed by atoms with Crippen LogP contribution in [0.4, 0.5) is 0 Å². The quantitative estimate of drug-likeness (QED) is 0.710. The van der Waals surface area contributed by atoms with Crippen LogP contribution in [-0.4, -0.2) is 31.1 Å². The molecule has 0 saturated heterocycles. The third-order valence-corrected chi connectivity index (χ3v) is 5.40. The molecule has 2 aliphatic carbocycles. The van der Waals surface area contributed by atoms with Gasteiger partial charge in [-0.1, -0.05) is 0 Å². The first kappa shape index (κ1) is 14.7. The molecule has 0 amide bonds. The van der Waals surface area contributed by atoms with Crippen LogP contribution in [0.2, 0.25) is 0 Å². The van der Waals surface area contributed by atoms with Crippen LogP contribution >= 0.6 is 0 Å². The van der Waals surface area contributed by atoms with Crippen molar-refractivity contribution in [2.75, 3.05) is 0 Å². The smallest absolute Gasteiger partial charge is 0.308 e. The minimum Gasteiger partial charge on any atom is -0.481 e. The Morgan fingerprint density at radius 1 is 1.21 bits per heavy atom. The lowest BCUT2D eigenvalue weighted by Gasteiger charge is -2.30. The summed E-state index contributed by atoms with van der Waals surface area (Å²) in [6, 6.07) is -0.476. The van der Waals surface area contributed by atoms with E-state index in [1.807, 2.05) is 0 Å². The second-order valence-electron chi connectivity index (χ2n) is 6.70. The molecule has 0 spiro atoms. The Bertz CT molecular complexity index is 469. The molecule has 0 aliphatic heterocycles. The van der Waals surface area contributed by atoms with Crippen molar-refractivity contribution in [2.45, 2.75) is 51.6 Å². The molecule has 0 aromatic heterocycles. The van der Waals surface area contributed by atoms with Gasteiger partial charge in [-0.3, -0.25) is 4.79 Å². The molecule has 0 heterocycles. The molecule has 2 fully saturated rings. The summed E-state index contributed by atoms with van der Waals surface area (Å²) >= 11 is 0. The molecule has 0 radical (unpaired) electrons. The summed E-state index contributed by atoms with van der Waals surface area (Å²) in [7, 11) is -3.67. The van der Waals surface area contributed by atoms with Crippen LogP contribution in [0, 0.1) is 17.8 Å². The molecule has 4 atom stereocenters. The van der Waals surface area contributed by atoms with Gasteiger partial charge in [0.1, 0.15) is 0 Å². The highest BCUT2D eigenvalue weighted by molar-refractivity contribution is 7.87. The Balaban J connectivity index is 2.12. The zero-order valence-electron chi connectivity index (χ0n) is 11.5. The van der Waals surface area contributed by atoms with Gasteiger partial charge in [0.15, 0.2) is 0 Å². The second kappa shape index (κ2) is 4.71. The van der Waals surface area contributed by atoms with E-state index in [1.54, 1.807) is 20.8 Å². The fourth-order valence-corrected chi connectivity index (χ4v) is 4.99. The van der Waals surface area contributed by atoms with Gasteiger partial charge >= 0.3 is 5.97 Å². The van der Waals surface area contributed by atoms with Crippen molar-refractivity contribution in [1.29, 1.82) is 0 Å². The molecule has 4 unspecified atom stereocenters. The lowest BCUT2D eigenvalue weighted by atomic mass is 9.85. The molecular weight excluding hydrogens is 268 g/mol. The van der Waals surface area contributed by atoms with Crippen LogP contribution in [0.3, 0.4) is 0 Å². The van der Waals surface area contributed by atoms with Gasteiger partial charge in [-0.05, 0) is 51.9 Å².